The summed E-state index contributed by atoms with van der Waals surface area (Å²) in [4.78, 5) is 10.3. The summed E-state index contributed by atoms with van der Waals surface area (Å²) in [6.45, 7) is 0.646. The van der Waals surface area contributed by atoms with Gasteiger partial charge in [0.2, 0.25) is 0 Å². The van der Waals surface area contributed by atoms with Crippen LogP contribution in [0.25, 0.3) is 6.08 Å². The van der Waals surface area contributed by atoms with Crippen LogP contribution in [-0.4, -0.2) is 11.5 Å². The van der Waals surface area contributed by atoms with Crippen molar-refractivity contribution >= 4 is 23.4 Å². The number of nitro benzene ring substituents is 1. The highest BCUT2D eigenvalue weighted by atomic mass is 35.5. The summed E-state index contributed by atoms with van der Waals surface area (Å²) in [5.41, 5.74) is 1.71. The van der Waals surface area contributed by atoms with Gasteiger partial charge in [0.1, 0.15) is 0 Å². The summed E-state index contributed by atoms with van der Waals surface area (Å²) < 4.78 is 5.46. The molecule has 0 saturated heterocycles. The molecular formula is C16H14ClNO3. The van der Waals surface area contributed by atoms with Gasteiger partial charge < -0.3 is 4.74 Å². The monoisotopic (exact) mass is 303 g/mol. The van der Waals surface area contributed by atoms with E-state index in [-0.39, 0.29) is 12.3 Å². The number of ether oxygens (including phenoxy) is 1. The molecule has 0 saturated carbocycles. The van der Waals surface area contributed by atoms with Crippen LogP contribution in [0.5, 0.6) is 0 Å². The first kappa shape index (κ1) is 15.2. The molecule has 0 bridgehead atoms. The third kappa shape index (κ3) is 4.70. The standard InChI is InChI=1S/C16H14ClNO3/c17-16-9-8-15(18(19)20)11-14(16)12-21-10-4-7-13-5-2-1-3-6-13/h1-9,11H,10,12H2/b7-4+. The molecule has 108 valence electrons. The first-order valence-corrected chi connectivity index (χ1v) is 6.77. The smallest absolute Gasteiger partial charge is 0.269 e. The average Bonchev–Trinajstić information content (AvgIpc) is 2.49. The van der Waals surface area contributed by atoms with Gasteiger partial charge in [0, 0.05) is 22.7 Å². The second-order valence-corrected chi connectivity index (χ2v) is 4.77. The lowest BCUT2D eigenvalue weighted by atomic mass is 10.2. The van der Waals surface area contributed by atoms with Gasteiger partial charge in [0.05, 0.1) is 18.1 Å². The van der Waals surface area contributed by atoms with E-state index in [0.717, 1.165) is 5.56 Å². The number of benzene rings is 2. The van der Waals surface area contributed by atoms with Crippen LogP contribution >= 0.6 is 11.6 Å². The molecule has 0 aliphatic rings. The Kier molecular flexibility index (Phi) is 5.49. The van der Waals surface area contributed by atoms with Gasteiger partial charge in [0.25, 0.3) is 5.69 Å². The van der Waals surface area contributed by atoms with Crippen LogP contribution in [-0.2, 0) is 11.3 Å². The molecule has 0 N–H and O–H groups in total. The molecule has 0 radical (unpaired) electrons. The maximum atomic E-state index is 10.7. The van der Waals surface area contributed by atoms with E-state index in [4.69, 9.17) is 16.3 Å². The Morgan fingerprint density at radius 3 is 2.67 bits per heavy atom. The van der Waals surface area contributed by atoms with Gasteiger partial charge in [-0.25, -0.2) is 0 Å². The molecule has 21 heavy (non-hydrogen) atoms. The number of hydrogen-bond donors (Lipinski definition) is 0. The molecule has 0 fully saturated rings. The molecule has 0 unspecified atom stereocenters. The van der Waals surface area contributed by atoms with Crippen molar-refractivity contribution in [2.45, 2.75) is 6.61 Å². The van der Waals surface area contributed by atoms with E-state index in [1.807, 2.05) is 42.5 Å². The van der Waals surface area contributed by atoms with E-state index in [1.165, 1.54) is 18.2 Å². The van der Waals surface area contributed by atoms with Gasteiger partial charge in [-0.1, -0.05) is 54.1 Å². The quantitative estimate of drug-likeness (QED) is 0.449. The van der Waals surface area contributed by atoms with E-state index >= 15 is 0 Å². The van der Waals surface area contributed by atoms with E-state index in [9.17, 15) is 10.1 Å². The molecule has 2 rings (SSSR count). The maximum absolute atomic E-state index is 10.7. The van der Waals surface area contributed by atoms with Crippen LogP contribution in [0.2, 0.25) is 5.02 Å². The van der Waals surface area contributed by atoms with Gasteiger partial charge in [-0.15, -0.1) is 0 Å². The van der Waals surface area contributed by atoms with Gasteiger partial charge >= 0.3 is 0 Å². The highest BCUT2D eigenvalue weighted by Crippen LogP contribution is 2.22. The molecule has 4 nitrogen and oxygen atoms in total. The number of halogens is 1. The zero-order valence-electron chi connectivity index (χ0n) is 11.2. The Morgan fingerprint density at radius 1 is 1.19 bits per heavy atom. The zero-order chi connectivity index (χ0) is 15.1. The molecule has 2 aromatic carbocycles. The summed E-state index contributed by atoms with van der Waals surface area (Å²) in [7, 11) is 0. The number of hydrogen-bond acceptors (Lipinski definition) is 3. The Morgan fingerprint density at radius 2 is 1.95 bits per heavy atom. The normalized spacial score (nSPS) is 10.9. The first-order valence-electron chi connectivity index (χ1n) is 6.39. The Hall–Kier alpha value is -2.17. The maximum Gasteiger partial charge on any atom is 0.269 e. The zero-order valence-corrected chi connectivity index (χ0v) is 12.0. The summed E-state index contributed by atoms with van der Waals surface area (Å²) in [6, 6.07) is 14.2. The Labute approximate surface area is 127 Å². The van der Waals surface area contributed by atoms with Crippen molar-refractivity contribution in [2.24, 2.45) is 0 Å². The largest absolute Gasteiger partial charge is 0.373 e. The summed E-state index contributed by atoms with van der Waals surface area (Å²) in [6.07, 6.45) is 3.84. The fourth-order valence-corrected chi connectivity index (χ4v) is 1.94. The Balaban J connectivity index is 1.87. The Bertz CT molecular complexity index is 641. The lowest BCUT2D eigenvalue weighted by Crippen LogP contribution is -1.96. The van der Waals surface area contributed by atoms with Crippen molar-refractivity contribution < 1.29 is 9.66 Å². The van der Waals surface area contributed by atoms with Crippen LogP contribution in [0.3, 0.4) is 0 Å². The SMILES string of the molecule is O=[N+]([O-])c1ccc(Cl)c(COC/C=C/c2ccccc2)c1. The second kappa shape index (κ2) is 7.57. The van der Waals surface area contributed by atoms with Gasteiger partial charge in [-0.2, -0.15) is 0 Å². The minimum absolute atomic E-state index is 0.0119. The molecule has 0 heterocycles. The van der Waals surface area contributed by atoms with Crippen molar-refractivity contribution in [3.63, 3.8) is 0 Å². The third-order valence-corrected chi connectivity index (χ3v) is 3.19. The molecule has 5 heteroatoms. The van der Waals surface area contributed by atoms with E-state index in [2.05, 4.69) is 0 Å². The third-order valence-electron chi connectivity index (χ3n) is 2.82. The van der Waals surface area contributed by atoms with Crippen LogP contribution in [0.1, 0.15) is 11.1 Å². The van der Waals surface area contributed by atoms with E-state index in [0.29, 0.717) is 17.2 Å². The topological polar surface area (TPSA) is 52.4 Å². The van der Waals surface area contributed by atoms with Crippen LogP contribution in [0.15, 0.2) is 54.6 Å². The number of nitro groups is 1. The van der Waals surface area contributed by atoms with Crippen molar-refractivity contribution in [3.8, 4) is 0 Å². The summed E-state index contributed by atoms with van der Waals surface area (Å²) >= 11 is 5.99. The first-order chi connectivity index (χ1) is 10.2. The van der Waals surface area contributed by atoms with Crippen molar-refractivity contribution in [3.05, 3.63) is 80.9 Å². The van der Waals surface area contributed by atoms with E-state index < -0.39 is 4.92 Å². The molecule has 0 aromatic heterocycles. The summed E-state index contributed by atoms with van der Waals surface area (Å²) in [5.74, 6) is 0. The lowest BCUT2D eigenvalue weighted by molar-refractivity contribution is -0.384. The minimum Gasteiger partial charge on any atom is -0.373 e. The second-order valence-electron chi connectivity index (χ2n) is 4.36. The van der Waals surface area contributed by atoms with Gasteiger partial charge in [-0.3, -0.25) is 10.1 Å². The predicted molar refractivity (Wildman–Crippen MR) is 83.2 cm³/mol. The minimum atomic E-state index is -0.449. The van der Waals surface area contributed by atoms with Crippen molar-refractivity contribution in [2.75, 3.05) is 6.61 Å². The molecule has 0 amide bonds. The number of rotatable bonds is 6. The number of nitrogens with zero attached hydrogens (tertiary/aromatic N) is 1. The van der Waals surface area contributed by atoms with Crippen LogP contribution < -0.4 is 0 Å². The predicted octanol–water partition coefficient (Wildman–Crippen LogP) is 4.48. The lowest BCUT2D eigenvalue weighted by Gasteiger charge is -2.04. The van der Waals surface area contributed by atoms with Crippen molar-refractivity contribution in [1.82, 2.24) is 0 Å². The highest BCUT2D eigenvalue weighted by molar-refractivity contribution is 6.31. The molecular weight excluding hydrogens is 290 g/mol. The van der Waals surface area contributed by atoms with E-state index in [1.54, 1.807) is 0 Å². The van der Waals surface area contributed by atoms with Gasteiger partial charge in [0.15, 0.2) is 0 Å². The average molecular weight is 304 g/mol. The molecule has 0 aliphatic carbocycles. The fraction of sp³-hybridized carbons (Fsp3) is 0.125. The molecule has 0 atom stereocenters. The molecule has 2 aromatic rings. The molecule has 0 spiro atoms. The molecule has 0 aliphatic heterocycles. The van der Waals surface area contributed by atoms with Crippen LogP contribution in [0.4, 0.5) is 5.69 Å². The summed E-state index contributed by atoms with van der Waals surface area (Å²) in [5, 5.41) is 11.2. The number of non-ortho nitro benzene ring substituents is 1. The van der Waals surface area contributed by atoms with Crippen molar-refractivity contribution in [1.29, 1.82) is 0 Å². The van der Waals surface area contributed by atoms with Crippen LogP contribution in [0, 0.1) is 10.1 Å². The highest BCUT2D eigenvalue weighted by Gasteiger charge is 2.09. The fourth-order valence-electron chi connectivity index (χ4n) is 1.77. The van der Waals surface area contributed by atoms with Gasteiger partial charge in [-0.05, 0) is 11.6 Å².